The fourth-order valence-electron chi connectivity index (χ4n) is 3.70. The van der Waals surface area contributed by atoms with Crippen molar-refractivity contribution in [3.63, 3.8) is 0 Å². The van der Waals surface area contributed by atoms with Gasteiger partial charge in [-0.25, -0.2) is 9.67 Å². The molecule has 2 aliphatic rings. The van der Waals surface area contributed by atoms with E-state index in [2.05, 4.69) is 37.8 Å². The van der Waals surface area contributed by atoms with Crippen molar-refractivity contribution in [1.82, 2.24) is 25.4 Å². The highest BCUT2D eigenvalue weighted by Gasteiger charge is 2.27. The number of aromatic nitrogens is 3. The Hall–Kier alpha value is -1.64. The number of nitrogens with zero attached hydrogens (tertiary/aromatic N) is 4. The molecule has 0 amide bonds. The summed E-state index contributed by atoms with van der Waals surface area (Å²) >= 11 is 0. The van der Waals surface area contributed by atoms with Crippen molar-refractivity contribution in [2.75, 3.05) is 6.54 Å². The van der Waals surface area contributed by atoms with E-state index in [-0.39, 0.29) is 24.0 Å². The first-order chi connectivity index (χ1) is 11.9. The molecule has 1 atom stereocenters. The normalized spacial score (nSPS) is 20.5. The van der Waals surface area contributed by atoms with Crippen LogP contribution < -0.4 is 10.6 Å². The van der Waals surface area contributed by atoms with Crippen molar-refractivity contribution >= 4 is 29.9 Å². The second-order valence-corrected chi connectivity index (χ2v) is 6.70. The summed E-state index contributed by atoms with van der Waals surface area (Å²) in [5.41, 5.74) is 2.22. The molecule has 1 aromatic carbocycles. The van der Waals surface area contributed by atoms with Crippen LogP contribution in [0.4, 0.5) is 0 Å². The summed E-state index contributed by atoms with van der Waals surface area (Å²) in [7, 11) is 0. The number of hydrogen-bond donors (Lipinski definition) is 2. The molecule has 1 unspecified atom stereocenters. The van der Waals surface area contributed by atoms with Crippen LogP contribution in [-0.4, -0.2) is 33.3 Å². The molecule has 2 heterocycles. The Morgan fingerprint density at radius 3 is 2.88 bits per heavy atom. The summed E-state index contributed by atoms with van der Waals surface area (Å²) in [5, 5.41) is 11.2. The van der Waals surface area contributed by atoms with Gasteiger partial charge in [-0.2, -0.15) is 5.10 Å². The van der Waals surface area contributed by atoms with Gasteiger partial charge in [-0.05, 0) is 36.5 Å². The third kappa shape index (κ3) is 4.50. The van der Waals surface area contributed by atoms with Crippen molar-refractivity contribution in [1.29, 1.82) is 0 Å². The fourth-order valence-corrected chi connectivity index (χ4v) is 3.70. The molecule has 0 bridgehead atoms. The number of rotatable bonds is 4. The Labute approximate surface area is 165 Å². The van der Waals surface area contributed by atoms with Gasteiger partial charge in [0.25, 0.3) is 0 Å². The van der Waals surface area contributed by atoms with Crippen LogP contribution in [-0.2, 0) is 6.54 Å². The molecule has 0 radical (unpaired) electrons. The van der Waals surface area contributed by atoms with Crippen molar-refractivity contribution in [2.45, 2.75) is 44.7 Å². The molecule has 25 heavy (non-hydrogen) atoms. The molecule has 134 valence electrons. The van der Waals surface area contributed by atoms with E-state index in [1.165, 1.54) is 37.7 Å². The molecule has 6 nitrogen and oxygen atoms in total. The van der Waals surface area contributed by atoms with E-state index in [1.807, 2.05) is 12.1 Å². The Balaban J connectivity index is 0.00000182. The van der Waals surface area contributed by atoms with E-state index in [0.717, 1.165) is 30.7 Å². The molecule has 1 aromatic heterocycles. The van der Waals surface area contributed by atoms with Crippen molar-refractivity contribution in [3.05, 3.63) is 42.5 Å². The van der Waals surface area contributed by atoms with Crippen LogP contribution in [0.15, 0.2) is 41.9 Å². The quantitative estimate of drug-likeness (QED) is 0.701. The first-order valence-electron chi connectivity index (χ1n) is 8.87. The van der Waals surface area contributed by atoms with E-state index in [1.54, 1.807) is 17.3 Å². The van der Waals surface area contributed by atoms with Gasteiger partial charge in [-0.15, -0.1) is 24.0 Å². The van der Waals surface area contributed by atoms with Crippen molar-refractivity contribution < 1.29 is 0 Å². The SMILES string of the molecule is I.c1cc(CNC2=NCC(C3CCCCC3)N2)cc(-n2cncn2)c1. The highest BCUT2D eigenvalue weighted by atomic mass is 127. The van der Waals surface area contributed by atoms with Gasteiger partial charge in [0.2, 0.25) is 0 Å². The molecular weight excluding hydrogens is 427 g/mol. The molecule has 1 aliphatic carbocycles. The van der Waals surface area contributed by atoms with Gasteiger partial charge >= 0.3 is 0 Å². The smallest absolute Gasteiger partial charge is 0.191 e. The van der Waals surface area contributed by atoms with Gasteiger partial charge < -0.3 is 10.6 Å². The van der Waals surface area contributed by atoms with Gasteiger partial charge in [0.05, 0.1) is 18.3 Å². The van der Waals surface area contributed by atoms with E-state index < -0.39 is 0 Å². The monoisotopic (exact) mass is 452 g/mol. The first-order valence-corrected chi connectivity index (χ1v) is 8.87. The van der Waals surface area contributed by atoms with Crippen LogP contribution in [0.1, 0.15) is 37.7 Å². The van der Waals surface area contributed by atoms with E-state index in [9.17, 15) is 0 Å². The Bertz CT molecular complexity index is 693. The third-order valence-electron chi connectivity index (χ3n) is 5.04. The molecule has 2 N–H and O–H groups in total. The predicted molar refractivity (Wildman–Crippen MR) is 109 cm³/mol. The van der Waals surface area contributed by atoms with Crippen molar-refractivity contribution in [3.8, 4) is 5.69 Å². The minimum absolute atomic E-state index is 0. The number of halogens is 1. The molecule has 0 saturated heterocycles. The Morgan fingerprint density at radius 2 is 2.08 bits per heavy atom. The largest absolute Gasteiger partial charge is 0.352 e. The molecule has 0 spiro atoms. The van der Waals surface area contributed by atoms with Crippen LogP contribution in [0.25, 0.3) is 5.69 Å². The first kappa shape index (κ1) is 18.2. The predicted octanol–water partition coefficient (Wildman–Crippen LogP) is 2.88. The van der Waals surface area contributed by atoms with Gasteiger partial charge in [-0.1, -0.05) is 31.4 Å². The lowest BCUT2D eigenvalue weighted by molar-refractivity contribution is 0.300. The summed E-state index contributed by atoms with van der Waals surface area (Å²) in [5.74, 6) is 1.73. The number of nitrogens with one attached hydrogen (secondary N) is 2. The van der Waals surface area contributed by atoms with Crippen LogP contribution in [0.3, 0.4) is 0 Å². The van der Waals surface area contributed by atoms with E-state index in [0.29, 0.717) is 6.04 Å². The Morgan fingerprint density at radius 1 is 1.20 bits per heavy atom. The second-order valence-electron chi connectivity index (χ2n) is 6.70. The molecular formula is C18H25IN6. The lowest BCUT2D eigenvalue weighted by atomic mass is 9.84. The average Bonchev–Trinajstić information content (AvgIpc) is 3.33. The Kier molecular flexibility index (Phi) is 6.28. The van der Waals surface area contributed by atoms with Crippen LogP contribution in [0.2, 0.25) is 0 Å². The minimum atomic E-state index is 0. The number of guanidine groups is 1. The minimum Gasteiger partial charge on any atom is -0.352 e. The maximum absolute atomic E-state index is 4.65. The van der Waals surface area contributed by atoms with E-state index in [4.69, 9.17) is 0 Å². The zero-order valence-electron chi connectivity index (χ0n) is 14.3. The second kappa shape index (κ2) is 8.64. The maximum atomic E-state index is 4.65. The van der Waals surface area contributed by atoms with Crippen LogP contribution >= 0.6 is 24.0 Å². The molecule has 7 heteroatoms. The molecule has 4 rings (SSSR count). The molecule has 1 fully saturated rings. The highest BCUT2D eigenvalue weighted by Crippen LogP contribution is 2.27. The maximum Gasteiger partial charge on any atom is 0.191 e. The molecule has 2 aromatic rings. The number of benzene rings is 1. The summed E-state index contributed by atoms with van der Waals surface area (Å²) < 4.78 is 1.77. The standard InChI is InChI=1S/C18H24N6.HI/c1-2-6-15(7-3-1)17-11-21-18(23-17)20-10-14-5-4-8-16(9-14)24-13-19-12-22-24;/h4-5,8-9,12-13,15,17H,1-3,6-7,10-11H2,(H2,20,21,23);1H. The molecule has 1 aliphatic heterocycles. The number of hydrogen-bond acceptors (Lipinski definition) is 5. The fraction of sp³-hybridized carbons (Fsp3) is 0.500. The summed E-state index contributed by atoms with van der Waals surface area (Å²) in [6.07, 6.45) is 10.1. The zero-order chi connectivity index (χ0) is 16.2. The van der Waals surface area contributed by atoms with Gasteiger partial charge in [-0.3, -0.25) is 4.99 Å². The van der Waals surface area contributed by atoms with Crippen LogP contribution in [0, 0.1) is 5.92 Å². The summed E-state index contributed by atoms with van der Waals surface area (Å²) in [4.78, 5) is 8.64. The summed E-state index contributed by atoms with van der Waals surface area (Å²) in [6.45, 7) is 1.66. The lowest BCUT2D eigenvalue weighted by Gasteiger charge is -2.27. The van der Waals surface area contributed by atoms with E-state index >= 15 is 0 Å². The zero-order valence-corrected chi connectivity index (χ0v) is 16.6. The van der Waals surface area contributed by atoms with Crippen LogP contribution in [0.5, 0.6) is 0 Å². The van der Waals surface area contributed by atoms with Gasteiger partial charge in [0.15, 0.2) is 5.96 Å². The summed E-state index contributed by atoms with van der Waals surface area (Å²) in [6, 6.07) is 8.83. The van der Waals surface area contributed by atoms with Gasteiger partial charge in [0, 0.05) is 6.54 Å². The van der Waals surface area contributed by atoms with Crippen molar-refractivity contribution in [2.24, 2.45) is 10.9 Å². The number of aliphatic imine (C=N–C) groups is 1. The molecule has 1 saturated carbocycles. The highest BCUT2D eigenvalue weighted by molar-refractivity contribution is 14.0. The lowest BCUT2D eigenvalue weighted by Crippen LogP contribution is -2.42. The average molecular weight is 452 g/mol. The topological polar surface area (TPSA) is 67.1 Å². The third-order valence-corrected chi connectivity index (χ3v) is 5.04. The van der Waals surface area contributed by atoms with Gasteiger partial charge in [0.1, 0.15) is 12.7 Å².